The van der Waals surface area contributed by atoms with Crippen molar-refractivity contribution in [2.75, 3.05) is 0 Å². The molecular weight excluding hydrogens is 145 g/mol. The Kier molecular flexibility index (Phi) is 9.12. The molecule has 0 rings (SSSR count). The molecule has 0 saturated carbocycles. The molecule has 0 aliphatic heterocycles. The third-order valence-corrected chi connectivity index (χ3v) is 0.591. The minimum absolute atomic E-state index is 0. The minimum atomic E-state index is 0. The van der Waals surface area contributed by atoms with Gasteiger partial charge in [0.15, 0.2) is 0 Å². The number of allylic oxidation sites excluding steroid dienone is 3. The molecule has 8 heavy (non-hydrogen) atoms. The summed E-state index contributed by atoms with van der Waals surface area (Å²) in [6.07, 6.45) is 4.97. The van der Waals surface area contributed by atoms with Crippen LogP contribution in [0, 0.1) is 6.58 Å². The van der Waals surface area contributed by atoms with Gasteiger partial charge in [-0.1, -0.05) is 0 Å². The van der Waals surface area contributed by atoms with Crippen molar-refractivity contribution >= 4 is 4.49 Å². The summed E-state index contributed by atoms with van der Waals surface area (Å²) in [6, 6.07) is 0. The van der Waals surface area contributed by atoms with Crippen LogP contribution in [0.3, 0.4) is 0 Å². The number of hydrogen-bond acceptors (Lipinski definition) is 0. The molecule has 50 valence electrons. The first-order chi connectivity index (χ1) is 3.27. The van der Waals surface area contributed by atoms with E-state index in [2.05, 4.69) is 15.0 Å². The van der Waals surface area contributed by atoms with Crippen molar-refractivity contribution in [3.8, 4) is 0 Å². The van der Waals surface area contributed by atoms with Gasteiger partial charge in [0.2, 0.25) is 0 Å². The van der Waals surface area contributed by atoms with E-state index in [9.17, 15) is 0 Å². The first-order valence-corrected chi connectivity index (χ1v) is 2.44. The fraction of sp³-hybridized carbons (Fsp3) is 0.167. The Labute approximate surface area is 58.0 Å². The maximum atomic E-state index is 5.01. The van der Waals surface area contributed by atoms with Crippen LogP contribution >= 0.6 is 0 Å². The quantitative estimate of drug-likeness (QED) is 0.331. The summed E-state index contributed by atoms with van der Waals surface area (Å²) < 4.78 is 0.890. The molecule has 0 amide bonds. The molecule has 0 aliphatic carbocycles. The average molecular weight is 154 g/mol. The van der Waals surface area contributed by atoms with E-state index in [1.54, 1.807) is 12.2 Å². The molecule has 0 spiro atoms. The molecule has 2 N–H and O–H groups in total. The number of rotatable bonds is 2. The van der Waals surface area contributed by atoms with Crippen LogP contribution in [0.25, 0.3) is 6.15 Å². The van der Waals surface area contributed by atoms with E-state index in [1.807, 2.05) is 6.92 Å². The van der Waals surface area contributed by atoms with Crippen LogP contribution in [-0.4, -0.2) is 4.49 Å². The fourth-order valence-corrected chi connectivity index (χ4v) is 0.277. The molecule has 2 heteroatoms. The number of nitrogens with two attached hydrogens (primary N) is 1. The standard InChI is InChI=1S/C6H7.H2N.Ni/c1-3-5-6-4-2;;/h1,3,5-6H,2H3;1H2;/q2*-1;/b6-5-;;. The fourth-order valence-electron chi connectivity index (χ4n) is 0.182. The molecular formula is C6H9NNi-2. The Morgan fingerprint density at radius 1 is 1.62 bits per heavy atom. The molecule has 0 unspecified atom stereocenters. The SMILES string of the molecule is [CH-]=C/C=C\[C](C)=[Ni].[NH2-]. The summed E-state index contributed by atoms with van der Waals surface area (Å²) in [4.78, 5) is 0. The second kappa shape index (κ2) is 6.80. The van der Waals surface area contributed by atoms with Gasteiger partial charge in [-0.25, -0.2) is 0 Å². The van der Waals surface area contributed by atoms with E-state index >= 15 is 0 Å². The van der Waals surface area contributed by atoms with Gasteiger partial charge in [0.05, 0.1) is 0 Å². The molecule has 0 aromatic carbocycles. The van der Waals surface area contributed by atoms with Crippen LogP contribution in [0.15, 0.2) is 18.2 Å². The van der Waals surface area contributed by atoms with Crippen LogP contribution in [0.4, 0.5) is 0 Å². The van der Waals surface area contributed by atoms with Crippen LogP contribution in [-0.2, 0) is 15.0 Å². The summed E-state index contributed by atoms with van der Waals surface area (Å²) >= 11 is 4.43. The predicted octanol–water partition coefficient (Wildman–Crippen LogP) is 1.99. The normalized spacial score (nSPS) is 8.38. The van der Waals surface area contributed by atoms with Gasteiger partial charge < -0.3 is 6.15 Å². The van der Waals surface area contributed by atoms with E-state index < -0.39 is 0 Å². The van der Waals surface area contributed by atoms with Crippen molar-refractivity contribution in [3.63, 3.8) is 0 Å². The van der Waals surface area contributed by atoms with Crippen molar-refractivity contribution < 1.29 is 15.0 Å². The summed E-state index contributed by atoms with van der Waals surface area (Å²) in [5.74, 6) is 0. The maximum Gasteiger partial charge on any atom is -0.693 e. The molecule has 0 bridgehead atoms. The van der Waals surface area contributed by atoms with Gasteiger partial charge in [0.1, 0.15) is 0 Å². The molecule has 1 nitrogen and oxygen atoms in total. The summed E-state index contributed by atoms with van der Waals surface area (Å²) in [7, 11) is 0. The summed E-state index contributed by atoms with van der Waals surface area (Å²) in [5, 5.41) is 0. The van der Waals surface area contributed by atoms with Gasteiger partial charge in [-0.15, -0.1) is 0 Å². The Hall–Kier alpha value is -0.196. The molecule has 0 aromatic heterocycles. The van der Waals surface area contributed by atoms with Crippen LogP contribution < -0.4 is 0 Å². The third-order valence-electron chi connectivity index (χ3n) is 0.427. The topological polar surface area (TPSA) is 33.5 Å². The van der Waals surface area contributed by atoms with E-state index in [-0.39, 0.29) is 6.15 Å². The zero-order valence-corrected chi connectivity index (χ0v) is 5.69. The largest absolute Gasteiger partial charge is 0.693 e. The molecule has 0 saturated heterocycles. The second-order valence-corrected chi connectivity index (χ2v) is 1.87. The van der Waals surface area contributed by atoms with E-state index in [1.165, 1.54) is 6.08 Å². The average Bonchev–Trinajstić information content (AvgIpc) is 1.61. The Morgan fingerprint density at radius 2 is 2.12 bits per heavy atom. The van der Waals surface area contributed by atoms with Gasteiger partial charge in [0, 0.05) is 0 Å². The van der Waals surface area contributed by atoms with E-state index in [0.29, 0.717) is 0 Å². The first-order valence-electron chi connectivity index (χ1n) is 1.95. The predicted molar refractivity (Wildman–Crippen MR) is 34.0 cm³/mol. The van der Waals surface area contributed by atoms with E-state index in [0.717, 1.165) is 4.49 Å². The Balaban J connectivity index is 0. The van der Waals surface area contributed by atoms with Crippen molar-refractivity contribution in [2.45, 2.75) is 6.92 Å². The molecule has 0 aromatic rings. The van der Waals surface area contributed by atoms with Crippen molar-refractivity contribution in [2.24, 2.45) is 0 Å². The molecule has 0 fully saturated rings. The molecule has 0 atom stereocenters. The zero-order valence-electron chi connectivity index (χ0n) is 4.70. The zero-order chi connectivity index (χ0) is 5.70. The van der Waals surface area contributed by atoms with E-state index in [4.69, 9.17) is 6.58 Å². The molecule has 0 aliphatic rings. The van der Waals surface area contributed by atoms with Crippen LogP contribution in [0.2, 0.25) is 0 Å². The molecule has 0 radical (unpaired) electrons. The van der Waals surface area contributed by atoms with Gasteiger partial charge in [-0.3, -0.25) is 0 Å². The van der Waals surface area contributed by atoms with Crippen molar-refractivity contribution in [3.05, 3.63) is 31.0 Å². The Bertz CT molecular complexity index is 105. The van der Waals surface area contributed by atoms with Gasteiger partial charge in [-0.05, 0) is 0 Å². The molecule has 0 heterocycles. The van der Waals surface area contributed by atoms with Gasteiger partial charge in [-0.2, -0.15) is 0 Å². The number of hydrogen-bond donors (Lipinski definition) is 0. The maximum absolute atomic E-state index is 5.01. The third kappa shape index (κ3) is 9.26. The van der Waals surface area contributed by atoms with Gasteiger partial charge in [0.25, 0.3) is 0 Å². The van der Waals surface area contributed by atoms with Crippen molar-refractivity contribution in [1.82, 2.24) is 0 Å². The van der Waals surface area contributed by atoms with Crippen LogP contribution in [0.1, 0.15) is 6.92 Å². The smallest absolute Gasteiger partial charge is 0.693 e. The van der Waals surface area contributed by atoms with Gasteiger partial charge >= 0.3 is 51.3 Å². The second-order valence-electron chi connectivity index (χ2n) is 1.09. The van der Waals surface area contributed by atoms with Crippen LogP contribution in [0.5, 0.6) is 0 Å². The Morgan fingerprint density at radius 3 is 2.25 bits per heavy atom. The van der Waals surface area contributed by atoms with Crippen molar-refractivity contribution in [1.29, 1.82) is 0 Å². The summed E-state index contributed by atoms with van der Waals surface area (Å²) in [5.41, 5.74) is 0. The summed E-state index contributed by atoms with van der Waals surface area (Å²) in [6.45, 7) is 6.87. The first kappa shape index (κ1) is 10.7. The monoisotopic (exact) mass is 153 g/mol. The minimum Gasteiger partial charge on any atom is -0.693 e.